The van der Waals surface area contributed by atoms with E-state index in [1.807, 2.05) is 30.3 Å². The van der Waals surface area contributed by atoms with Crippen molar-refractivity contribution in [2.24, 2.45) is 11.8 Å². The van der Waals surface area contributed by atoms with Gasteiger partial charge >= 0.3 is 0 Å². The Kier molecular flexibility index (Phi) is 3.67. The molecule has 0 amide bonds. The number of nitrogens with one attached hydrogen (secondary N) is 1. The number of anilines is 1. The van der Waals surface area contributed by atoms with Crippen LogP contribution in [-0.4, -0.2) is 26.2 Å². The number of rotatable bonds is 3. The standard InChI is InChI=1S/C15H21N5/c1-11-8-9-14(12(2)10-11)16-15-17-18-19-20(15)13-6-4-3-5-7-13/h3-7,11-12,14H,8-10H2,1-2H3,(H,16,17,19). The van der Waals surface area contributed by atoms with Crippen LogP contribution in [0.4, 0.5) is 5.95 Å². The number of benzene rings is 1. The predicted molar refractivity (Wildman–Crippen MR) is 78.7 cm³/mol. The minimum atomic E-state index is 0.458. The molecule has 5 nitrogen and oxygen atoms in total. The van der Waals surface area contributed by atoms with Crippen molar-refractivity contribution in [3.05, 3.63) is 30.3 Å². The SMILES string of the molecule is CC1CCC(Nc2nnnn2-c2ccccc2)C(C)C1. The van der Waals surface area contributed by atoms with E-state index in [2.05, 4.69) is 34.7 Å². The van der Waals surface area contributed by atoms with Gasteiger partial charge in [-0.25, -0.2) is 0 Å². The maximum Gasteiger partial charge on any atom is 0.247 e. The van der Waals surface area contributed by atoms with Gasteiger partial charge in [-0.3, -0.25) is 0 Å². The highest BCUT2D eigenvalue weighted by Gasteiger charge is 2.26. The zero-order valence-corrected chi connectivity index (χ0v) is 12.0. The number of tetrazole rings is 1. The third-order valence-electron chi connectivity index (χ3n) is 4.22. The average Bonchev–Trinajstić information content (AvgIpc) is 2.91. The Hall–Kier alpha value is -1.91. The molecule has 3 rings (SSSR count). The number of nitrogens with zero attached hydrogens (tertiary/aromatic N) is 4. The normalized spacial score (nSPS) is 26.4. The molecule has 2 aromatic rings. The Balaban J connectivity index is 1.77. The Bertz CT molecular complexity index is 550. The van der Waals surface area contributed by atoms with Crippen LogP contribution in [0, 0.1) is 11.8 Å². The number of aromatic nitrogens is 4. The van der Waals surface area contributed by atoms with Crippen LogP contribution in [0.2, 0.25) is 0 Å². The van der Waals surface area contributed by atoms with Crippen LogP contribution < -0.4 is 5.32 Å². The molecule has 1 saturated carbocycles. The maximum atomic E-state index is 4.13. The highest BCUT2D eigenvalue weighted by atomic mass is 15.6. The van der Waals surface area contributed by atoms with Crippen molar-refractivity contribution in [2.45, 2.75) is 39.2 Å². The summed E-state index contributed by atoms with van der Waals surface area (Å²) in [6.45, 7) is 4.64. The number of hydrogen-bond donors (Lipinski definition) is 1. The average molecular weight is 271 g/mol. The summed E-state index contributed by atoms with van der Waals surface area (Å²) in [4.78, 5) is 0. The summed E-state index contributed by atoms with van der Waals surface area (Å²) in [7, 11) is 0. The van der Waals surface area contributed by atoms with Gasteiger partial charge in [0.05, 0.1) is 5.69 Å². The lowest BCUT2D eigenvalue weighted by molar-refractivity contribution is 0.275. The second-order valence-electron chi connectivity index (χ2n) is 5.90. The van der Waals surface area contributed by atoms with Crippen molar-refractivity contribution in [1.82, 2.24) is 20.2 Å². The van der Waals surface area contributed by atoms with Crippen LogP contribution in [0.5, 0.6) is 0 Å². The smallest absolute Gasteiger partial charge is 0.247 e. The third-order valence-corrected chi connectivity index (χ3v) is 4.22. The fraction of sp³-hybridized carbons (Fsp3) is 0.533. The van der Waals surface area contributed by atoms with Gasteiger partial charge in [0.1, 0.15) is 0 Å². The molecule has 5 heteroatoms. The van der Waals surface area contributed by atoms with Crippen LogP contribution in [0.25, 0.3) is 5.69 Å². The molecule has 0 radical (unpaired) electrons. The lowest BCUT2D eigenvalue weighted by Crippen LogP contribution is -2.34. The highest BCUT2D eigenvalue weighted by Crippen LogP contribution is 2.30. The lowest BCUT2D eigenvalue weighted by atomic mass is 9.80. The Labute approximate surface area is 119 Å². The molecule has 1 aromatic carbocycles. The van der Waals surface area contributed by atoms with Crippen molar-refractivity contribution < 1.29 is 0 Å². The van der Waals surface area contributed by atoms with Gasteiger partial charge in [0, 0.05) is 6.04 Å². The third kappa shape index (κ3) is 2.66. The quantitative estimate of drug-likeness (QED) is 0.932. The van der Waals surface area contributed by atoms with Crippen molar-refractivity contribution in [3.8, 4) is 5.69 Å². The molecule has 1 aliphatic rings. The molecule has 1 fully saturated rings. The molecule has 0 spiro atoms. The molecule has 1 aliphatic carbocycles. The molecule has 1 N–H and O–H groups in total. The molecule has 0 aliphatic heterocycles. The highest BCUT2D eigenvalue weighted by molar-refractivity contribution is 5.39. The van der Waals surface area contributed by atoms with E-state index in [1.165, 1.54) is 19.3 Å². The van der Waals surface area contributed by atoms with Crippen LogP contribution in [0.1, 0.15) is 33.1 Å². The molecule has 3 atom stereocenters. The van der Waals surface area contributed by atoms with Gasteiger partial charge < -0.3 is 5.32 Å². The molecule has 1 aromatic heterocycles. The van der Waals surface area contributed by atoms with Crippen molar-refractivity contribution in [2.75, 3.05) is 5.32 Å². The topological polar surface area (TPSA) is 55.6 Å². The molecule has 1 heterocycles. The molecule has 106 valence electrons. The summed E-state index contributed by atoms with van der Waals surface area (Å²) in [6, 6.07) is 10.4. The van der Waals surface area contributed by atoms with Gasteiger partial charge in [0.2, 0.25) is 5.95 Å². The minimum Gasteiger partial charge on any atom is -0.350 e. The van der Waals surface area contributed by atoms with E-state index in [9.17, 15) is 0 Å². The van der Waals surface area contributed by atoms with Crippen molar-refractivity contribution >= 4 is 5.95 Å². The summed E-state index contributed by atoms with van der Waals surface area (Å²) >= 11 is 0. The first-order chi connectivity index (χ1) is 9.74. The summed E-state index contributed by atoms with van der Waals surface area (Å²) < 4.78 is 1.77. The van der Waals surface area contributed by atoms with E-state index in [1.54, 1.807) is 4.68 Å². The predicted octanol–water partition coefficient (Wildman–Crippen LogP) is 2.90. The van der Waals surface area contributed by atoms with Crippen LogP contribution in [0.3, 0.4) is 0 Å². The molecular weight excluding hydrogens is 250 g/mol. The van der Waals surface area contributed by atoms with Crippen LogP contribution >= 0.6 is 0 Å². The Morgan fingerprint density at radius 2 is 1.95 bits per heavy atom. The summed E-state index contributed by atoms with van der Waals surface area (Å²) in [5.41, 5.74) is 0.983. The largest absolute Gasteiger partial charge is 0.350 e. The Morgan fingerprint density at radius 3 is 2.70 bits per heavy atom. The van der Waals surface area contributed by atoms with Crippen molar-refractivity contribution in [3.63, 3.8) is 0 Å². The van der Waals surface area contributed by atoms with E-state index in [0.29, 0.717) is 12.0 Å². The summed E-state index contributed by atoms with van der Waals surface area (Å²) in [6.07, 6.45) is 3.73. The summed E-state index contributed by atoms with van der Waals surface area (Å²) in [5.74, 6) is 2.22. The number of para-hydroxylation sites is 1. The van der Waals surface area contributed by atoms with E-state index in [-0.39, 0.29) is 0 Å². The van der Waals surface area contributed by atoms with Gasteiger partial charge in [0.25, 0.3) is 0 Å². The molecule has 0 saturated heterocycles. The van der Waals surface area contributed by atoms with E-state index in [0.717, 1.165) is 17.6 Å². The fourth-order valence-electron chi connectivity index (χ4n) is 3.07. The van der Waals surface area contributed by atoms with Gasteiger partial charge in [-0.1, -0.05) is 37.1 Å². The maximum absolute atomic E-state index is 4.13. The zero-order valence-electron chi connectivity index (χ0n) is 12.0. The monoisotopic (exact) mass is 271 g/mol. The van der Waals surface area contributed by atoms with E-state index >= 15 is 0 Å². The van der Waals surface area contributed by atoms with Gasteiger partial charge in [-0.15, -0.1) is 0 Å². The van der Waals surface area contributed by atoms with Gasteiger partial charge in [-0.05, 0) is 53.7 Å². The second kappa shape index (κ2) is 5.61. The molecule has 0 bridgehead atoms. The van der Waals surface area contributed by atoms with Crippen LogP contribution in [-0.2, 0) is 0 Å². The summed E-state index contributed by atoms with van der Waals surface area (Å²) in [5, 5.41) is 15.5. The second-order valence-corrected chi connectivity index (χ2v) is 5.90. The van der Waals surface area contributed by atoms with Gasteiger partial charge in [-0.2, -0.15) is 4.68 Å². The van der Waals surface area contributed by atoms with E-state index in [4.69, 9.17) is 0 Å². The van der Waals surface area contributed by atoms with Gasteiger partial charge in [0.15, 0.2) is 0 Å². The zero-order chi connectivity index (χ0) is 13.9. The molecule has 3 unspecified atom stereocenters. The lowest BCUT2D eigenvalue weighted by Gasteiger charge is -2.33. The van der Waals surface area contributed by atoms with Crippen LogP contribution in [0.15, 0.2) is 30.3 Å². The first-order valence-electron chi connectivity index (χ1n) is 7.34. The first kappa shape index (κ1) is 13.1. The van der Waals surface area contributed by atoms with Crippen molar-refractivity contribution in [1.29, 1.82) is 0 Å². The first-order valence-corrected chi connectivity index (χ1v) is 7.34. The number of hydrogen-bond acceptors (Lipinski definition) is 4. The van der Waals surface area contributed by atoms with E-state index < -0.39 is 0 Å². The molecule has 20 heavy (non-hydrogen) atoms. The molecular formula is C15H21N5. The minimum absolute atomic E-state index is 0.458. The Morgan fingerprint density at radius 1 is 1.15 bits per heavy atom. The fourth-order valence-corrected chi connectivity index (χ4v) is 3.07.